The average molecular weight is 356 g/mol. The topological polar surface area (TPSA) is 86.5 Å². The zero-order valence-corrected chi connectivity index (χ0v) is 11.0. The number of nitrogens with zero attached hydrogens (tertiary/aromatic N) is 1. The van der Waals surface area contributed by atoms with Crippen LogP contribution in [0.2, 0.25) is 0 Å². The smallest absolute Gasteiger partial charge is 0.417 e. The summed E-state index contributed by atoms with van der Waals surface area (Å²) in [5, 5.41) is 10.6. The second-order valence-corrected chi connectivity index (χ2v) is 5.92. The Bertz CT molecular complexity index is 674. The molecule has 0 saturated carbocycles. The van der Waals surface area contributed by atoms with E-state index in [1.807, 2.05) is 0 Å². The van der Waals surface area contributed by atoms with Crippen molar-refractivity contribution in [3.05, 3.63) is 27.8 Å². The van der Waals surface area contributed by atoms with Crippen molar-refractivity contribution in [2.45, 2.75) is 17.7 Å². The minimum atomic E-state index is -5.31. The van der Waals surface area contributed by atoms with Gasteiger partial charge in [0.2, 0.25) is 5.75 Å². The van der Waals surface area contributed by atoms with E-state index >= 15 is 0 Å². The van der Waals surface area contributed by atoms with Crippen molar-refractivity contribution in [1.29, 1.82) is 0 Å². The summed E-state index contributed by atoms with van der Waals surface area (Å²) in [7, 11) is -0.248. The Morgan fingerprint density at radius 2 is 1.81 bits per heavy atom. The first-order chi connectivity index (χ1) is 9.34. The number of nitro groups is 1. The molecule has 0 amide bonds. The van der Waals surface area contributed by atoms with E-state index in [4.69, 9.17) is 10.7 Å². The Balaban J connectivity index is 3.75. The quantitative estimate of drug-likeness (QED) is 0.358. The van der Waals surface area contributed by atoms with Crippen LogP contribution in [0.25, 0.3) is 0 Å². The fourth-order valence-corrected chi connectivity index (χ4v) is 2.38. The SMILES string of the molecule is O=[N+]([O-])c1cc(S(=O)(=O)Cl)c(C(F)(F)F)cc1OC(F)F. The van der Waals surface area contributed by atoms with Crippen LogP contribution in [-0.4, -0.2) is 20.0 Å². The van der Waals surface area contributed by atoms with Crippen LogP contribution in [0.5, 0.6) is 5.75 Å². The molecule has 0 unspecified atom stereocenters. The minimum absolute atomic E-state index is 0.0944. The lowest BCUT2D eigenvalue weighted by Crippen LogP contribution is -2.13. The Kier molecular flexibility index (Phi) is 4.63. The summed E-state index contributed by atoms with van der Waals surface area (Å²) in [5.74, 6) is -1.44. The normalized spacial score (nSPS) is 12.5. The van der Waals surface area contributed by atoms with Gasteiger partial charge in [-0.1, -0.05) is 0 Å². The molecule has 0 aliphatic carbocycles. The predicted octanol–water partition coefficient (Wildman–Crippen LogP) is 3.14. The highest BCUT2D eigenvalue weighted by atomic mass is 35.7. The van der Waals surface area contributed by atoms with Crippen molar-refractivity contribution in [2.75, 3.05) is 0 Å². The Morgan fingerprint density at radius 3 is 2.14 bits per heavy atom. The highest BCUT2D eigenvalue weighted by molar-refractivity contribution is 8.13. The molecule has 0 heterocycles. The monoisotopic (exact) mass is 355 g/mol. The largest absolute Gasteiger partial charge is 0.427 e. The molecule has 1 rings (SSSR count). The van der Waals surface area contributed by atoms with Crippen LogP contribution in [0.3, 0.4) is 0 Å². The first-order valence-electron chi connectivity index (χ1n) is 4.63. The molecule has 0 bridgehead atoms. The van der Waals surface area contributed by atoms with E-state index < -0.39 is 48.7 Å². The zero-order chi connectivity index (χ0) is 16.6. The van der Waals surface area contributed by atoms with Crippen LogP contribution in [0.1, 0.15) is 5.56 Å². The van der Waals surface area contributed by atoms with Gasteiger partial charge in [-0.25, -0.2) is 8.42 Å². The number of hydrogen-bond acceptors (Lipinski definition) is 5. The first-order valence-corrected chi connectivity index (χ1v) is 6.94. The van der Waals surface area contributed by atoms with Crippen molar-refractivity contribution in [3.63, 3.8) is 0 Å². The molecule has 0 N–H and O–H groups in total. The molecule has 0 fully saturated rings. The van der Waals surface area contributed by atoms with Gasteiger partial charge in [0.05, 0.1) is 10.5 Å². The number of hydrogen-bond donors (Lipinski definition) is 0. The maximum absolute atomic E-state index is 12.7. The second-order valence-electron chi connectivity index (χ2n) is 3.39. The maximum Gasteiger partial charge on any atom is 0.417 e. The maximum atomic E-state index is 12.7. The average Bonchev–Trinajstić information content (AvgIpc) is 2.24. The molecule has 0 spiro atoms. The third-order valence-corrected chi connectivity index (χ3v) is 3.40. The van der Waals surface area contributed by atoms with Crippen LogP contribution in [0.15, 0.2) is 17.0 Å². The molecule has 0 aromatic heterocycles. The van der Waals surface area contributed by atoms with Gasteiger partial charge in [-0.2, -0.15) is 22.0 Å². The van der Waals surface area contributed by atoms with Gasteiger partial charge in [0.25, 0.3) is 9.05 Å². The summed E-state index contributed by atoms with van der Waals surface area (Å²) in [6.45, 7) is -3.65. The lowest BCUT2D eigenvalue weighted by atomic mass is 10.2. The van der Waals surface area contributed by atoms with E-state index in [9.17, 15) is 40.5 Å². The summed E-state index contributed by atoms with van der Waals surface area (Å²) >= 11 is 0. The van der Waals surface area contributed by atoms with Crippen LogP contribution in [0, 0.1) is 10.1 Å². The van der Waals surface area contributed by atoms with Crippen molar-refractivity contribution >= 4 is 25.4 Å². The number of nitro benzene ring substituents is 1. The van der Waals surface area contributed by atoms with Gasteiger partial charge in [0.15, 0.2) is 0 Å². The van der Waals surface area contributed by atoms with Gasteiger partial charge >= 0.3 is 18.5 Å². The van der Waals surface area contributed by atoms with Crippen LogP contribution in [0.4, 0.5) is 27.6 Å². The molecule has 0 saturated heterocycles. The lowest BCUT2D eigenvalue weighted by molar-refractivity contribution is -0.386. The van der Waals surface area contributed by atoms with E-state index in [2.05, 4.69) is 4.74 Å². The predicted molar refractivity (Wildman–Crippen MR) is 57.8 cm³/mol. The van der Waals surface area contributed by atoms with Gasteiger partial charge in [-0.05, 0) is 0 Å². The summed E-state index contributed by atoms with van der Waals surface area (Å²) in [6.07, 6.45) is -5.31. The second kappa shape index (κ2) is 5.60. The van der Waals surface area contributed by atoms with E-state index in [1.54, 1.807) is 0 Å². The molecule has 0 radical (unpaired) electrons. The van der Waals surface area contributed by atoms with E-state index in [1.165, 1.54) is 0 Å². The first kappa shape index (κ1) is 17.4. The standard InChI is InChI=1S/C8H3ClF5NO5S/c9-21(18,19)6-2-4(15(16)17)5(20-7(10)11)1-3(6)8(12,13)14/h1-2,7H. The van der Waals surface area contributed by atoms with Crippen molar-refractivity contribution in [1.82, 2.24) is 0 Å². The number of halogens is 6. The molecule has 13 heteroatoms. The van der Waals surface area contributed by atoms with E-state index in [0.29, 0.717) is 0 Å². The fraction of sp³-hybridized carbons (Fsp3) is 0.250. The molecule has 0 aliphatic heterocycles. The minimum Gasteiger partial charge on any atom is -0.427 e. The molecule has 21 heavy (non-hydrogen) atoms. The highest BCUT2D eigenvalue weighted by Crippen LogP contribution is 2.42. The van der Waals surface area contributed by atoms with Crippen LogP contribution in [-0.2, 0) is 15.2 Å². The van der Waals surface area contributed by atoms with Gasteiger partial charge < -0.3 is 4.74 Å². The Morgan fingerprint density at radius 1 is 1.29 bits per heavy atom. The third kappa shape index (κ3) is 4.14. The van der Waals surface area contributed by atoms with Crippen molar-refractivity contribution in [3.8, 4) is 5.75 Å². The Labute approximate surface area is 117 Å². The summed E-state index contributed by atoms with van der Waals surface area (Å²) in [4.78, 5) is 7.59. The molecular formula is C8H3ClF5NO5S. The molecule has 0 atom stereocenters. The number of rotatable bonds is 4. The van der Waals surface area contributed by atoms with Crippen molar-refractivity contribution in [2.24, 2.45) is 0 Å². The van der Waals surface area contributed by atoms with Gasteiger partial charge in [0.1, 0.15) is 4.90 Å². The number of alkyl halides is 5. The van der Waals surface area contributed by atoms with E-state index in [0.717, 1.165) is 0 Å². The number of benzene rings is 1. The van der Waals surface area contributed by atoms with Crippen LogP contribution >= 0.6 is 10.7 Å². The van der Waals surface area contributed by atoms with Crippen LogP contribution < -0.4 is 4.74 Å². The van der Waals surface area contributed by atoms with E-state index in [-0.39, 0.29) is 12.1 Å². The summed E-state index contributed by atoms with van der Waals surface area (Å²) < 4.78 is 87.9. The molecular weight excluding hydrogens is 353 g/mol. The number of ether oxygens (including phenoxy) is 1. The zero-order valence-electron chi connectivity index (χ0n) is 9.40. The van der Waals surface area contributed by atoms with Gasteiger partial charge in [-0.15, -0.1) is 0 Å². The molecule has 1 aromatic rings. The van der Waals surface area contributed by atoms with Crippen molar-refractivity contribution < 1.29 is 40.0 Å². The van der Waals surface area contributed by atoms with Gasteiger partial charge in [-0.3, -0.25) is 10.1 Å². The summed E-state index contributed by atoms with van der Waals surface area (Å²) in [6, 6.07) is -0.317. The summed E-state index contributed by atoms with van der Waals surface area (Å²) in [5.41, 5.74) is -3.36. The Hall–Kier alpha value is -1.69. The molecule has 118 valence electrons. The lowest BCUT2D eigenvalue weighted by Gasteiger charge is -2.13. The fourth-order valence-electron chi connectivity index (χ4n) is 1.31. The molecule has 6 nitrogen and oxygen atoms in total. The van der Waals surface area contributed by atoms with Gasteiger partial charge in [0, 0.05) is 22.8 Å². The molecule has 0 aliphatic rings. The molecule has 1 aromatic carbocycles. The highest BCUT2D eigenvalue weighted by Gasteiger charge is 2.40. The third-order valence-electron chi connectivity index (χ3n) is 2.04.